The van der Waals surface area contributed by atoms with Crippen molar-refractivity contribution in [3.05, 3.63) is 0 Å². The van der Waals surface area contributed by atoms with Gasteiger partial charge in [-0.05, 0) is 25.9 Å². The molecule has 4 heteroatoms. The summed E-state index contributed by atoms with van der Waals surface area (Å²) in [6.07, 6.45) is 3.78. The van der Waals surface area contributed by atoms with Gasteiger partial charge in [-0.3, -0.25) is 9.69 Å². The monoisotopic (exact) mass is 228 g/mol. The van der Waals surface area contributed by atoms with Crippen LogP contribution < -0.4 is 5.32 Å². The minimum atomic E-state index is -0.640. The van der Waals surface area contributed by atoms with Crippen molar-refractivity contribution in [1.82, 2.24) is 10.2 Å². The Kier molecular flexibility index (Phi) is 5.22. The average molecular weight is 228 g/mol. The first kappa shape index (κ1) is 13.5. The molecule has 16 heavy (non-hydrogen) atoms. The molecule has 0 heterocycles. The highest BCUT2D eigenvalue weighted by atomic mass is 16.3. The molecule has 1 aliphatic rings. The van der Waals surface area contributed by atoms with Crippen molar-refractivity contribution >= 4 is 5.91 Å². The van der Waals surface area contributed by atoms with Crippen LogP contribution in [0.1, 0.15) is 39.5 Å². The van der Waals surface area contributed by atoms with Gasteiger partial charge in [-0.25, -0.2) is 0 Å². The fourth-order valence-corrected chi connectivity index (χ4v) is 2.18. The number of rotatable bonds is 6. The lowest BCUT2D eigenvalue weighted by molar-refractivity contribution is -0.123. The molecular weight excluding hydrogens is 204 g/mol. The summed E-state index contributed by atoms with van der Waals surface area (Å²) in [4.78, 5) is 13.7. The molecule has 1 amide bonds. The molecular formula is C12H24N2O2. The minimum Gasteiger partial charge on any atom is -0.388 e. The highest BCUT2D eigenvalue weighted by molar-refractivity contribution is 5.78. The number of nitrogens with zero attached hydrogens (tertiary/aromatic N) is 1. The van der Waals surface area contributed by atoms with E-state index in [1.807, 2.05) is 13.8 Å². The molecule has 0 atom stereocenters. The summed E-state index contributed by atoms with van der Waals surface area (Å²) < 4.78 is 0. The summed E-state index contributed by atoms with van der Waals surface area (Å²) in [5.41, 5.74) is -0.640. The number of nitrogens with one attached hydrogen (secondary N) is 1. The van der Waals surface area contributed by atoms with Crippen LogP contribution in [0.3, 0.4) is 0 Å². The maximum absolute atomic E-state index is 11.6. The standard InChI is InChI=1S/C12H24N2O2/c1-3-14(4-2)9-11(15)13-10-12(16)7-5-6-8-12/h16H,3-10H2,1-2H3,(H,13,15). The van der Waals surface area contributed by atoms with Crippen molar-refractivity contribution in [2.24, 2.45) is 0 Å². The summed E-state index contributed by atoms with van der Waals surface area (Å²) in [7, 11) is 0. The van der Waals surface area contributed by atoms with Crippen LogP contribution in [-0.4, -0.2) is 47.7 Å². The molecule has 0 aromatic carbocycles. The smallest absolute Gasteiger partial charge is 0.234 e. The second kappa shape index (κ2) is 6.21. The molecule has 0 saturated heterocycles. The van der Waals surface area contributed by atoms with Crippen LogP contribution in [0.25, 0.3) is 0 Å². The topological polar surface area (TPSA) is 52.6 Å². The van der Waals surface area contributed by atoms with E-state index in [2.05, 4.69) is 10.2 Å². The van der Waals surface area contributed by atoms with E-state index in [9.17, 15) is 9.90 Å². The van der Waals surface area contributed by atoms with Crippen LogP contribution in [0.5, 0.6) is 0 Å². The van der Waals surface area contributed by atoms with Crippen molar-refractivity contribution in [3.8, 4) is 0 Å². The van der Waals surface area contributed by atoms with Crippen molar-refractivity contribution in [2.45, 2.75) is 45.1 Å². The van der Waals surface area contributed by atoms with Gasteiger partial charge in [0.05, 0.1) is 12.1 Å². The van der Waals surface area contributed by atoms with Crippen molar-refractivity contribution < 1.29 is 9.90 Å². The second-order valence-corrected chi connectivity index (χ2v) is 4.67. The van der Waals surface area contributed by atoms with Crippen LogP contribution >= 0.6 is 0 Å². The Balaban J connectivity index is 2.24. The van der Waals surface area contributed by atoms with Crippen LogP contribution in [0, 0.1) is 0 Å². The second-order valence-electron chi connectivity index (χ2n) is 4.67. The molecule has 1 aliphatic carbocycles. The lowest BCUT2D eigenvalue weighted by Gasteiger charge is -2.23. The summed E-state index contributed by atoms with van der Waals surface area (Å²) in [5, 5.41) is 12.9. The molecule has 0 unspecified atom stereocenters. The molecule has 1 fully saturated rings. The average Bonchev–Trinajstić information content (AvgIpc) is 2.71. The van der Waals surface area contributed by atoms with Gasteiger partial charge in [-0.15, -0.1) is 0 Å². The minimum absolute atomic E-state index is 0.0176. The molecule has 4 nitrogen and oxygen atoms in total. The Morgan fingerprint density at radius 3 is 2.38 bits per heavy atom. The van der Waals surface area contributed by atoms with E-state index in [-0.39, 0.29) is 5.91 Å². The van der Waals surface area contributed by atoms with Crippen LogP contribution in [0.2, 0.25) is 0 Å². The van der Waals surface area contributed by atoms with Gasteiger partial charge in [0.2, 0.25) is 5.91 Å². The summed E-state index contributed by atoms with van der Waals surface area (Å²) >= 11 is 0. The maximum Gasteiger partial charge on any atom is 0.234 e. The quantitative estimate of drug-likeness (QED) is 0.705. The van der Waals surface area contributed by atoms with Crippen molar-refractivity contribution in [3.63, 3.8) is 0 Å². The van der Waals surface area contributed by atoms with Crippen LogP contribution in [-0.2, 0) is 4.79 Å². The number of aliphatic hydroxyl groups is 1. The summed E-state index contributed by atoms with van der Waals surface area (Å²) in [6.45, 7) is 6.70. The Bertz CT molecular complexity index is 221. The zero-order chi connectivity index (χ0) is 12.0. The number of carbonyl (C=O) groups is 1. The zero-order valence-corrected chi connectivity index (χ0v) is 10.5. The van der Waals surface area contributed by atoms with E-state index in [1.54, 1.807) is 0 Å². The Labute approximate surface area is 98.0 Å². The number of hydrogen-bond donors (Lipinski definition) is 2. The van der Waals surface area contributed by atoms with Gasteiger partial charge >= 0.3 is 0 Å². The van der Waals surface area contributed by atoms with Gasteiger partial charge in [-0.1, -0.05) is 26.7 Å². The van der Waals surface area contributed by atoms with E-state index in [0.717, 1.165) is 38.8 Å². The van der Waals surface area contributed by atoms with Crippen molar-refractivity contribution in [2.75, 3.05) is 26.2 Å². The number of likely N-dealkylation sites (N-methyl/N-ethyl adjacent to an activating group) is 1. The highest BCUT2D eigenvalue weighted by Gasteiger charge is 2.31. The predicted molar refractivity (Wildman–Crippen MR) is 64.2 cm³/mol. The molecule has 0 spiro atoms. The zero-order valence-electron chi connectivity index (χ0n) is 10.5. The van der Waals surface area contributed by atoms with E-state index in [4.69, 9.17) is 0 Å². The first-order chi connectivity index (χ1) is 7.59. The molecule has 0 bridgehead atoms. The Morgan fingerprint density at radius 2 is 1.88 bits per heavy atom. The number of hydrogen-bond acceptors (Lipinski definition) is 3. The third-order valence-corrected chi connectivity index (χ3v) is 3.41. The van der Waals surface area contributed by atoms with E-state index in [1.165, 1.54) is 0 Å². The van der Waals surface area contributed by atoms with Crippen molar-refractivity contribution in [1.29, 1.82) is 0 Å². The summed E-state index contributed by atoms with van der Waals surface area (Å²) in [5.74, 6) is 0.0176. The molecule has 1 saturated carbocycles. The van der Waals surface area contributed by atoms with E-state index >= 15 is 0 Å². The maximum atomic E-state index is 11.6. The molecule has 94 valence electrons. The van der Waals surface area contributed by atoms with Gasteiger partial charge < -0.3 is 10.4 Å². The van der Waals surface area contributed by atoms with Gasteiger partial charge in [-0.2, -0.15) is 0 Å². The number of amides is 1. The molecule has 0 radical (unpaired) electrons. The molecule has 0 aromatic heterocycles. The third kappa shape index (κ3) is 4.10. The molecule has 2 N–H and O–H groups in total. The highest BCUT2D eigenvalue weighted by Crippen LogP contribution is 2.28. The van der Waals surface area contributed by atoms with Gasteiger partial charge in [0.1, 0.15) is 0 Å². The Hall–Kier alpha value is -0.610. The molecule has 0 aromatic rings. The van der Waals surface area contributed by atoms with Crippen LogP contribution in [0.4, 0.5) is 0 Å². The lowest BCUT2D eigenvalue weighted by atomic mass is 10.0. The van der Waals surface area contributed by atoms with Gasteiger partial charge in [0, 0.05) is 6.54 Å². The van der Waals surface area contributed by atoms with Gasteiger partial charge in [0.25, 0.3) is 0 Å². The third-order valence-electron chi connectivity index (χ3n) is 3.41. The fourth-order valence-electron chi connectivity index (χ4n) is 2.18. The first-order valence-corrected chi connectivity index (χ1v) is 6.31. The lowest BCUT2D eigenvalue weighted by Crippen LogP contribution is -2.44. The molecule has 0 aliphatic heterocycles. The largest absolute Gasteiger partial charge is 0.388 e. The van der Waals surface area contributed by atoms with Gasteiger partial charge in [0.15, 0.2) is 0 Å². The number of carbonyl (C=O) groups excluding carboxylic acids is 1. The first-order valence-electron chi connectivity index (χ1n) is 6.31. The van der Waals surface area contributed by atoms with E-state index in [0.29, 0.717) is 13.1 Å². The Morgan fingerprint density at radius 1 is 1.31 bits per heavy atom. The van der Waals surface area contributed by atoms with E-state index < -0.39 is 5.60 Å². The SMILES string of the molecule is CCN(CC)CC(=O)NCC1(O)CCCC1. The fraction of sp³-hybridized carbons (Fsp3) is 0.917. The summed E-state index contributed by atoms with van der Waals surface area (Å²) in [6, 6.07) is 0. The van der Waals surface area contributed by atoms with Crippen LogP contribution in [0.15, 0.2) is 0 Å². The molecule has 1 rings (SSSR count). The predicted octanol–water partition coefficient (Wildman–Crippen LogP) is 0.749. The normalized spacial score (nSPS) is 19.0.